The molecule has 2 aromatic rings. The molecule has 0 amide bonds. The largest absolute Gasteiger partial charge is 0.326 e. The molecule has 0 aliphatic heterocycles. The molecule has 2 atom stereocenters. The lowest BCUT2D eigenvalue weighted by Crippen LogP contribution is -2.37. The van der Waals surface area contributed by atoms with Crippen LogP contribution in [0, 0.1) is 5.82 Å². The highest BCUT2D eigenvalue weighted by atomic mass is 19.1. The highest BCUT2D eigenvalue weighted by Gasteiger charge is 2.21. The van der Waals surface area contributed by atoms with E-state index in [1.807, 2.05) is 44.3 Å². The Kier molecular flexibility index (Phi) is 4.88. The van der Waals surface area contributed by atoms with E-state index in [9.17, 15) is 4.39 Å². The van der Waals surface area contributed by atoms with Crippen LogP contribution in [0.3, 0.4) is 0 Å². The molecular weight excluding hydrogens is 251 g/mol. The van der Waals surface area contributed by atoms with Crippen LogP contribution in [0.5, 0.6) is 0 Å². The maximum Gasteiger partial charge on any atom is 0.127 e. The van der Waals surface area contributed by atoms with Gasteiger partial charge in [0, 0.05) is 24.2 Å². The van der Waals surface area contributed by atoms with Crippen molar-refractivity contribution in [2.75, 3.05) is 7.05 Å². The van der Waals surface area contributed by atoms with Crippen molar-refractivity contribution >= 4 is 0 Å². The molecule has 3 heteroatoms. The van der Waals surface area contributed by atoms with Crippen molar-refractivity contribution in [2.45, 2.75) is 25.6 Å². The monoisotopic (exact) mass is 272 g/mol. The zero-order valence-corrected chi connectivity index (χ0v) is 12.0. The summed E-state index contributed by atoms with van der Waals surface area (Å²) < 4.78 is 13.8. The second-order valence-corrected chi connectivity index (χ2v) is 5.22. The number of halogens is 1. The summed E-state index contributed by atoms with van der Waals surface area (Å²) in [6.07, 6.45) is 0. The van der Waals surface area contributed by atoms with Crippen LogP contribution in [0.15, 0.2) is 54.6 Å². The standard InChI is InChI=1S/C17H21FN2/c1-13(19)17(14-8-4-3-5-9-14)20(2)12-15-10-6-7-11-16(15)18/h3-11,13,17H,12,19H2,1-2H3. The maximum absolute atomic E-state index is 13.8. The van der Waals surface area contributed by atoms with Crippen molar-refractivity contribution in [1.82, 2.24) is 4.90 Å². The second-order valence-electron chi connectivity index (χ2n) is 5.22. The van der Waals surface area contributed by atoms with Gasteiger partial charge in [-0.3, -0.25) is 4.90 Å². The molecule has 0 aliphatic rings. The van der Waals surface area contributed by atoms with E-state index in [1.165, 1.54) is 6.07 Å². The highest BCUT2D eigenvalue weighted by Crippen LogP contribution is 2.24. The van der Waals surface area contributed by atoms with E-state index >= 15 is 0 Å². The normalized spacial score (nSPS) is 14.2. The molecule has 0 saturated heterocycles. The number of hydrogen-bond acceptors (Lipinski definition) is 2. The molecule has 0 spiro atoms. The lowest BCUT2D eigenvalue weighted by Gasteiger charge is -2.31. The van der Waals surface area contributed by atoms with Crippen molar-refractivity contribution in [1.29, 1.82) is 0 Å². The number of likely N-dealkylation sites (N-methyl/N-ethyl adjacent to an activating group) is 1. The highest BCUT2D eigenvalue weighted by molar-refractivity contribution is 5.22. The zero-order valence-electron chi connectivity index (χ0n) is 12.0. The summed E-state index contributed by atoms with van der Waals surface area (Å²) in [5, 5.41) is 0. The Hall–Kier alpha value is -1.71. The molecular formula is C17H21FN2. The Labute approximate surface area is 120 Å². The van der Waals surface area contributed by atoms with E-state index in [1.54, 1.807) is 6.07 Å². The molecule has 0 fully saturated rings. The molecule has 2 aromatic carbocycles. The number of hydrogen-bond donors (Lipinski definition) is 1. The number of nitrogens with zero attached hydrogens (tertiary/aromatic N) is 1. The summed E-state index contributed by atoms with van der Waals surface area (Å²) in [5.41, 5.74) is 7.97. The second kappa shape index (κ2) is 6.64. The summed E-state index contributed by atoms with van der Waals surface area (Å²) in [5.74, 6) is -0.171. The molecule has 0 heterocycles. The third-order valence-electron chi connectivity index (χ3n) is 3.49. The van der Waals surface area contributed by atoms with Crippen molar-refractivity contribution in [3.8, 4) is 0 Å². The molecule has 0 radical (unpaired) electrons. The van der Waals surface area contributed by atoms with Gasteiger partial charge in [-0.15, -0.1) is 0 Å². The van der Waals surface area contributed by atoms with E-state index < -0.39 is 0 Å². The summed E-state index contributed by atoms with van der Waals surface area (Å²) in [4.78, 5) is 2.10. The van der Waals surface area contributed by atoms with E-state index in [0.29, 0.717) is 12.1 Å². The summed E-state index contributed by atoms with van der Waals surface area (Å²) >= 11 is 0. The fourth-order valence-corrected chi connectivity index (χ4v) is 2.60. The maximum atomic E-state index is 13.8. The smallest absolute Gasteiger partial charge is 0.127 e. The summed E-state index contributed by atoms with van der Waals surface area (Å²) in [6.45, 7) is 2.52. The lowest BCUT2D eigenvalue weighted by atomic mass is 9.99. The van der Waals surface area contributed by atoms with Crippen molar-refractivity contribution in [3.05, 3.63) is 71.5 Å². The first-order valence-corrected chi connectivity index (χ1v) is 6.83. The van der Waals surface area contributed by atoms with Gasteiger partial charge in [0.1, 0.15) is 5.82 Å². The van der Waals surface area contributed by atoms with E-state index in [0.717, 1.165) is 5.56 Å². The molecule has 20 heavy (non-hydrogen) atoms. The number of benzene rings is 2. The SMILES string of the molecule is CC(N)C(c1ccccc1)N(C)Cc1ccccc1F. The van der Waals surface area contributed by atoms with Gasteiger partial charge in [0.2, 0.25) is 0 Å². The van der Waals surface area contributed by atoms with Crippen LogP contribution in [0.2, 0.25) is 0 Å². The first-order chi connectivity index (χ1) is 9.59. The van der Waals surface area contributed by atoms with Gasteiger partial charge in [-0.2, -0.15) is 0 Å². The molecule has 2 nitrogen and oxygen atoms in total. The van der Waals surface area contributed by atoms with Gasteiger partial charge in [0.15, 0.2) is 0 Å². The Balaban J connectivity index is 2.20. The summed E-state index contributed by atoms with van der Waals surface area (Å²) in [7, 11) is 1.98. The van der Waals surface area contributed by atoms with Gasteiger partial charge in [-0.1, -0.05) is 48.5 Å². The van der Waals surface area contributed by atoms with Crippen LogP contribution in [-0.4, -0.2) is 18.0 Å². The van der Waals surface area contributed by atoms with Gasteiger partial charge in [-0.05, 0) is 25.6 Å². The average molecular weight is 272 g/mol. The molecule has 0 bridgehead atoms. The first-order valence-electron chi connectivity index (χ1n) is 6.83. The van der Waals surface area contributed by atoms with Crippen molar-refractivity contribution < 1.29 is 4.39 Å². The Morgan fingerprint density at radius 1 is 1.05 bits per heavy atom. The lowest BCUT2D eigenvalue weighted by molar-refractivity contribution is 0.208. The van der Waals surface area contributed by atoms with Gasteiger partial charge < -0.3 is 5.73 Å². The molecule has 2 unspecified atom stereocenters. The van der Waals surface area contributed by atoms with Gasteiger partial charge >= 0.3 is 0 Å². The Morgan fingerprint density at radius 3 is 2.25 bits per heavy atom. The fraction of sp³-hybridized carbons (Fsp3) is 0.294. The first kappa shape index (κ1) is 14.7. The van der Waals surface area contributed by atoms with Crippen LogP contribution in [0.1, 0.15) is 24.1 Å². The van der Waals surface area contributed by atoms with Crippen LogP contribution in [0.25, 0.3) is 0 Å². The van der Waals surface area contributed by atoms with Crippen LogP contribution in [0.4, 0.5) is 4.39 Å². The third kappa shape index (κ3) is 3.44. The Morgan fingerprint density at radius 2 is 1.65 bits per heavy atom. The molecule has 0 saturated carbocycles. The molecule has 0 aromatic heterocycles. The minimum absolute atomic E-state index is 0.0332. The van der Waals surface area contributed by atoms with Crippen LogP contribution < -0.4 is 5.73 Å². The Bertz CT molecular complexity index is 540. The topological polar surface area (TPSA) is 29.3 Å². The van der Waals surface area contributed by atoms with Gasteiger partial charge in [0.25, 0.3) is 0 Å². The fourth-order valence-electron chi connectivity index (χ4n) is 2.60. The molecule has 0 aliphatic carbocycles. The van der Waals surface area contributed by atoms with E-state index in [-0.39, 0.29) is 17.9 Å². The molecule has 106 valence electrons. The minimum atomic E-state index is -0.171. The third-order valence-corrected chi connectivity index (χ3v) is 3.49. The van der Waals surface area contributed by atoms with E-state index in [2.05, 4.69) is 17.0 Å². The van der Waals surface area contributed by atoms with Crippen molar-refractivity contribution in [2.24, 2.45) is 5.73 Å². The quantitative estimate of drug-likeness (QED) is 0.904. The predicted octanol–water partition coefficient (Wildman–Crippen LogP) is 3.35. The van der Waals surface area contributed by atoms with Gasteiger partial charge in [-0.25, -0.2) is 4.39 Å². The zero-order chi connectivity index (χ0) is 14.5. The number of nitrogens with two attached hydrogens (primary N) is 1. The predicted molar refractivity (Wildman–Crippen MR) is 80.7 cm³/mol. The average Bonchev–Trinajstić information content (AvgIpc) is 2.42. The molecule has 2 rings (SSSR count). The molecule has 2 N–H and O–H groups in total. The van der Waals surface area contributed by atoms with Crippen LogP contribution in [-0.2, 0) is 6.54 Å². The van der Waals surface area contributed by atoms with Gasteiger partial charge in [0.05, 0.1) is 0 Å². The summed E-state index contributed by atoms with van der Waals surface area (Å²) in [6, 6.07) is 17.0. The van der Waals surface area contributed by atoms with E-state index in [4.69, 9.17) is 5.73 Å². The minimum Gasteiger partial charge on any atom is -0.326 e. The van der Waals surface area contributed by atoms with Crippen molar-refractivity contribution in [3.63, 3.8) is 0 Å². The van der Waals surface area contributed by atoms with Crippen LogP contribution >= 0.6 is 0 Å². The number of rotatable bonds is 5.